The van der Waals surface area contributed by atoms with Gasteiger partial charge in [0, 0.05) is 11.6 Å². The van der Waals surface area contributed by atoms with Crippen molar-refractivity contribution in [1.82, 2.24) is 0 Å². The van der Waals surface area contributed by atoms with E-state index in [1.807, 2.05) is 0 Å². The molecular weight excluding hydrogens is 217 g/mol. The van der Waals surface area contributed by atoms with Crippen molar-refractivity contribution in [2.75, 3.05) is 7.11 Å². The Hall–Kier alpha value is -1.06. The number of nitrogens with two attached hydrogens (primary N) is 1. The van der Waals surface area contributed by atoms with Crippen LogP contribution in [0.4, 0.5) is 4.39 Å². The summed E-state index contributed by atoms with van der Waals surface area (Å²) in [6.07, 6.45) is 2.22. The predicted octanol–water partition coefficient (Wildman–Crippen LogP) is 2.83. The molecule has 0 unspecified atom stereocenters. The van der Waals surface area contributed by atoms with E-state index in [0.717, 1.165) is 0 Å². The summed E-state index contributed by atoms with van der Waals surface area (Å²) in [6, 6.07) is 4.18. The van der Waals surface area contributed by atoms with Gasteiger partial charge in [0.2, 0.25) is 0 Å². The molecule has 1 aromatic rings. The fraction of sp³-hybridized carbons (Fsp3) is 0.273. The third-order valence-electron chi connectivity index (χ3n) is 2.02. The molecule has 0 aliphatic heterocycles. The first-order valence-corrected chi connectivity index (χ1v) is 4.39. The van der Waals surface area contributed by atoms with Crippen molar-refractivity contribution in [3.63, 3.8) is 0 Å². The zero-order valence-electron chi connectivity index (χ0n) is 8.57. The molecule has 0 aliphatic rings. The predicted molar refractivity (Wildman–Crippen MR) is 61.9 cm³/mol. The minimum absolute atomic E-state index is 0. The smallest absolute Gasteiger partial charge is 0.128 e. The molecule has 0 spiro atoms. The molecule has 4 heteroatoms. The molecule has 0 bridgehead atoms. The number of hydrogen-bond donors (Lipinski definition) is 1. The minimum atomic E-state index is -0.359. The molecule has 1 rings (SSSR count). The van der Waals surface area contributed by atoms with Crippen molar-refractivity contribution in [3.05, 3.63) is 42.2 Å². The molecule has 0 aromatic heterocycles. The Labute approximate surface area is 95.3 Å². The Bertz CT molecular complexity index is 330. The number of benzene rings is 1. The summed E-state index contributed by atoms with van der Waals surface area (Å²) >= 11 is 0. The number of methoxy groups -OCH3 is 1. The van der Waals surface area contributed by atoms with Crippen LogP contribution in [0.25, 0.3) is 0 Å². The molecule has 2 nitrogen and oxygen atoms in total. The SMILES string of the molecule is C=CC[C@@H](N)c1cc(OC)ccc1F.Cl. The van der Waals surface area contributed by atoms with E-state index in [9.17, 15) is 4.39 Å². The van der Waals surface area contributed by atoms with Crippen LogP contribution < -0.4 is 10.5 Å². The summed E-state index contributed by atoms with van der Waals surface area (Å²) in [5.41, 5.74) is 6.23. The highest BCUT2D eigenvalue weighted by molar-refractivity contribution is 5.85. The first-order chi connectivity index (χ1) is 6.69. The summed E-state index contributed by atoms with van der Waals surface area (Å²) in [5, 5.41) is 0. The Kier molecular flexibility index (Phi) is 5.97. The average molecular weight is 232 g/mol. The fourth-order valence-corrected chi connectivity index (χ4v) is 1.24. The number of hydrogen-bond acceptors (Lipinski definition) is 2. The van der Waals surface area contributed by atoms with Gasteiger partial charge < -0.3 is 10.5 Å². The second-order valence-corrected chi connectivity index (χ2v) is 3.02. The van der Waals surface area contributed by atoms with Gasteiger partial charge in [0.05, 0.1) is 7.11 Å². The molecule has 1 aromatic carbocycles. The van der Waals surface area contributed by atoms with Crippen LogP contribution in [0, 0.1) is 5.82 Å². The van der Waals surface area contributed by atoms with Crippen LogP contribution in [-0.2, 0) is 0 Å². The van der Waals surface area contributed by atoms with Crippen LogP contribution in [0.5, 0.6) is 5.75 Å². The lowest BCUT2D eigenvalue weighted by Crippen LogP contribution is -2.11. The molecule has 2 N–H and O–H groups in total. The molecule has 0 saturated heterocycles. The van der Waals surface area contributed by atoms with Crippen molar-refractivity contribution in [2.24, 2.45) is 5.73 Å². The summed E-state index contributed by atoms with van der Waals surface area (Å²) in [4.78, 5) is 0. The fourth-order valence-electron chi connectivity index (χ4n) is 1.24. The van der Waals surface area contributed by atoms with Gasteiger partial charge in [-0.25, -0.2) is 4.39 Å². The first-order valence-electron chi connectivity index (χ1n) is 4.39. The molecule has 0 amide bonds. The molecular formula is C11H15ClFNO. The van der Waals surface area contributed by atoms with E-state index in [1.165, 1.54) is 13.2 Å². The maximum atomic E-state index is 13.3. The molecule has 0 aliphatic carbocycles. The highest BCUT2D eigenvalue weighted by atomic mass is 35.5. The standard InChI is InChI=1S/C11H14FNO.ClH/c1-3-4-11(13)9-7-8(14-2)5-6-10(9)12;/h3,5-7,11H,1,4,13H2,2H3;1H/t11-;/m1./s1. The number of ether oxygens (including phenoxy) is 1. The Morgan fingerprint density at radius 3 is 2.80 bits per heavy atom. The van der Waals surface area contributed by atoms with E-state index in [4.69, 9.17) is 10.5 Å². The summed E-state index contributed by atoms with van der Waals surface area (Å²) in [7, 11) is 1.54. The Morgan fingerprint density at radius 1 is 1.60 bits per heavy atom. The van der Waals surface area contributed by atoms with Gasteiger partial charge in [0.25, 0.3) is 0 Å². The molecule has 0 fully saturated rings. The highest BCUT2D eigenvalue weighted by Gasteiger charge is 2.10. The van der Waals surface area contributed by atoms with Crippen LogP contribution in [0.2, 0.25) is 0 Å². The van der Waals surface area contributed by atoms with Crippen LogP contribution in [0.15, 0.2) is 30.9 Å². The zero-order chi connectivity index (χ0) is 10.6. The van der Waals surface area contributed by atoms with Crippen LogP contribution in [0.3, 0.4) is 0 Å². The topological polar surface area (TPSA) is 35.2 Å². The molecule has 0 radical (unpaired) electrons. The summed E-state index contributed by atoms with van der Waals surface area (Å²) in [6.45, 7) is 3.56. The van der Waals surface area contributed by atoms with E-state index in [2.05, 4.69) is 6.58 Å². The Morgan fingerprint density at radius 2 is 2.27 bits per heavy atom. The maximum absolute atomic E-state index is 13.3. The Balaban J connectivity index is 0.00000196. The van der Waals surface area contributed by atoms with Gasteiger partial charge in [-0.1, -0.05) is 6.08 Å². The molecule has 15 heavy (non-hydrogen) atoms. The van der Waals surface area contributed by atoms with Crippen molar-refractivity contribution in [1.29, 1.82) is 0 Å². The van der Waals surface area contributed by atoms with Gasteiger partial charge in [-0.2, -0.15) is 0 Å². The third kappa shape index (κ3) is 3.53. The monoisotopic (exact) mass is 231 g/mol. The van der Waals surface area contributed by atoms with Gasteiger partial charge >= 0.3 is 0 Å². The average Bonchev–Trinajstić information content (AvgIpc) is 2.19. The van der Waals surface area contributed by atoms with E-state index < -0.39 is 0 Å². The van der Waals surface area contributed by atoms with Crippen molar-refractivity contribution >= 4 is 12.4 Å². The lowest BCUT2D eigenvalue weighted by Gasteiger charge is -2.11. The largest absolute Gasteiger partial charge is 0.497 e. The van der Waals surface area contributed by atoms with Gasteiger partial charge in [0.15, 0.2) is 0 Å². The summed E-state index contributed by atoms with van der Waals surface area (Å²) < 4.78 is 18.3. The van der Waals surface area contributed by atoms with Gasteiger partial charge in [-0.05, 0) is 24.6 Å². The van der Waals surface area contributed by atoms with E-state index in [-0.39, 0.29) is 24.3 Å². The van der Waals surface area contributed by atoms with E-state index in [0.29, 0.717) is 17.7 Å². The molecule has 0 heterocycles. The second-order valence-electron chi connectivity index (χ2n) is 3.02. The summed E-state index contributed by atoms with van der Waals surface area (Å²) in [5.74, 6) is 0.307. The van der Waals surface area contributed by atoms with E-state index in [1.54, 1.807) is 18.2 Å². The van der Waals surface area contributed by atoms with Crippen molar-refractivity contribution in [2.45, 2.75) is 12.5 Å². The lowest BCUT2D eigenvalue weighted by atomic mass is 10.0. The highest BCUT2D eigenvalue weighted by Crippen LogP contribution is 2.23. The normalized spacial score (nSPS) is 11.4. The van der Waals surface area contributed by atoms with Crippen molar-refractivity contribution in [3.8, 4) is 5.75 Å². The van der Waals surface area contributed by atoms with Gasteiger partial charge in [0.1, 0.15) is 11.6 Å². The van der Waals surface area contributed by atoms with Gasteiger partial charge in [-0.15, -0.1) is 19.0 Å². The van der Waals surface area contributed by atoms with E-state index >= 15 is 0 Å². The number of halogens is 2. The second kappa shape index (κ2) is 6.43. The first kappa shape index (κ1) is 13.9. The van der Waals surface area contributed by atoms with Crippen molar-refractivity contribution < 1.29 is 9.13 Å². The molecule has 84 valence electrons. The lowest BCUT2D eigenvalue weighted by molar-refractivity contribution is 0.412. The van der Waals surface area contributed by atoms with Crippen LogP contribution in [0.1, 0.15) is 18.0 Å². The quantitative estimate of drug-likeness (QED) is 0.809. The maximum Gasteiger partial charge on any atom is 0.128 e. The number of rotatable bonds is 4. The van der Waals surface area contributed by atoms with Crippen LogP contribution in [-0.4, -0.2) is 7.11 Å². The zero-order valence-corrected chi connectivity index (χ0v) is 9.39. The van der Waals surface area contributed by atoms with Gasteiger partial charge in [-0.3, -0.25) is 0 Å². The molecule has 1 atom stereocenters. The minimum Gasteiger partial charge on any atom is -0.497 e. The molecule has 0 saturated carbocycles. The third-order valence-corrected chi connectivity index (χ3v) is 2.02. The van der Waals surface area contributed by atoms with Crippen LogP contribution >= 0.6 is 12.4 Å².